The molecule has 2 aromatic rings. The summed E-state index contributed by atoms with van der Waals surface area (Å²) in [5.41, 5.74) is 1.90. The van der Waals surface area contributed by atoms with Gasteiger partial charge >= 0.3 is 0 Å². The summed E-state index contributed by atoms with van der Waals surface area (Å²) in [5, 5.41) is 3.01. The summed E-state index contributed by atoms with van der Waals surface area (Å²) in [7, 11) is 1.79. The number of pyridine rings is 1. The Balaban J connectivity index is 2.67. The lowest BCUT2D eigenvalue weighted by atomic mass is 10.1. The molecule has 18 heavy (non-hydrogen) atoms. The molecular formula is C13H15FN4. The topological polar surface area (TPSA) is 50.7 Å². The number of aryl methyl sites for hydroxylation is 1. The van der Waals surface area contributed by atoms with E-state index in [1.807, 2.05) is 13.8 Å². The van der Waals surface area contributed by atoms with E-state index >= 15 is 0 Å². The molecular weight excluding hydrogens is 231 g/mol. The van der Waals surface area contributed by atoms with Crippen molar-refractivity contribution in [2.24, 2.45) is 0 Å². The Morgan fingerprint density at radius 3 is 2.72 bits per heavy atom. The van der Waals surface area contributed by atoms with Crippen molar-refractivity contribution in [3.05, 3.63) is 35.7 Å². The van der Waals surface area contributed by atoms with Gasteiger partial charge in [-0.15, -0.1) is 0 Å². The largest absolute Gasteiger partial charge is 0.373 e. The molecule has 4 nitrogen and oxygen atoms in total. The predicted octanol–water partition coefficient (Wildman–Crippen LogP) is 2.59. The van der Waals surface area contributed by atoms with E-state index in [0.717, 1.165) is 11.4 Å². The molecule has 2 aromatic heterocycles. The van der Waals surface area contributed by atoms with Crippen LogP contribution in [0.1, 0.15) is 18.3 Å². The van der Waals surface area contributed by atoms with E-state index < -0.39 is 0 Å². The standard InChI is InChI=1S/C13H15FN4/c1-4-11-17-12(8(2)13(15-3)18-11)9-5-6-16-7-10(9)14/h5-7H,4H2,1-3H3,(H,15,17,18). The fourth-order valence-electron chi connectivity index (χ4n) is 1.79. The van der Waals surface area contributed by atoms with Crippen LogP contribution in [0.25, 0.3) is 11.3 Å². The Labute approximate surface area is 105 Å². The molecule has 0 spiro atoms. The number of halogens is 1. The predicted molar refractivity (Wildman–Crippen MR) is 68.9 cm³/mol. The lowest BCUT2D eigenvalue weighted by Gasteiger charge is -2.12. The number of anilines is 1. The van der Waals surface area contributed by atoms with Crippen molar-refractivity contribution in [3.63, 3.8) is 0 Å². The Morgan fingerprint density at radius 2 is 2.11 bits per heavy atom. The van der Waals surface area contributed by atoms with Crippen molar-refractivity contribution in [1.82, 2.24) is 15.0 Å². The van der Waals surface area contributed by atoms with E-state index in [1.165, 1.54) is 6.20 Å². The van der Waals surface area contributed by atoms with Gasteiger partial charge in [0.25, 0.3) is 0 Å². The first-order chi connectivity index (χ1) is 8.67. The average molecular weight is 246 g/mol. The number of aromatic nitrogens is 3. The van der Waals surface area contributed by atoms with Crippen LogP contribution in [-0.2, 0) is 6.42 Å². The number of nitrogens with one attached hydrogen (secondary N) is 1. The maximum Gasteiger partial charge on any atom is 0.150 e. The smallest absolute Gasteiger partial charge is 0.150 e. The summed E-state index contributed by atoms with van der Waals surface area (Å²) < 4.78 is 13.8. The normalized spacial score (nSPS) is 10.4. The molecule has 0 radical (unpaired) electrons. The lowest BCUT2D eigenvalue weighted by molar-refractivity contribution is 0.624. The van der Waals surface area contributed by atoms with Gasteiger partial charge in [0.1, 0.15) is 11.6 Å². The van der Waals surface area contributed by atoms with E-state index in [2.05, 4.69) is 20.3 Å². The molecule has 0 aliphatic rings. The quantitative estimate of drug-likeness (QED) is 0.904. The molecule has 0 bridgehead atoms. The highest BCUT2D eigenvalue weighted by Gasteiger charge is 2.14. The van der Waals surface area contributed by atoms with Gasteiger partial charge in [0.05, 0.1) is 11.9 Å². The van der Waals surface area contributed by atoms with Crippen LogP contribution in [0.2, 0.25) is 0 Å². The van der Waals surface area contributed by atoms with Crippen LogP contribution in [0.15, 0.2) is 18.5 Å². The zero-order valence-electron chi connectivity index (χ0n) is 10.7. The Morgan fingerprint density at radius 1 is 1.33 bits per heavy atom. The van der Waals surface area contributed by atoms with Crippen LogP contribution >= 0.6 is 0 Å². The van der Waals surface area contributed by atoms with Gasteiger partial charge in [0.2, 0.25) is 0 Å². The monoisotopic (exact) mass is 246 g/mol. The number of nitrogens with zero attached hydrogens (tertiary/aromatic N) is 3. The summed E-state index contributed by atoms with van der Waals surface area (Å²) in [6.07, 6.45) is 3.46. The van der Waals surface area contributed by atoms with E-state index in [9.17, 15) is 4.39 Å². The first-order valence-corrected chi connectivity index (χ1v) is 5.82. The number of rotatable bonds is 3. The van der Waals surface area contributed by atoms with Gasteiger partial charge in [0.15, 0.2) is 5.82 Å². The molecule has 0 aromatic carbocycles. The molecule has 0 saturated carbocycles. The van der Waals surface area contributed by atoms with E-state index in [-0.39, 0.29) is 5.82 Å². The van der Waals surface area contributed by atoms with Gasteiger partial charge in [-0.1, -0.05) is 6.92 Å². The molecule has 94 valence electrons. The van der Waals surface area contributed by atoms with Crippen LogP contribution in [0.3, 0.4) is 0 Å². The zero-order valence-corrected chi connectivity index (χ0v) is 10.7. The minimum Gasteiger partial charge on any atom is -0.373 e. The first kappa shape index (κ1) is 12.4. The fraction of sp³-hybridized carbons (Fsp3) is 0.308. The molecule has 0 fully saturated rings. The van der Waals surface area contributed by atoms with Gasteiger partial charge in [-0.2, -0.15) is 0 Å². The number of hydrogen-bond acceptors (Lipinski definition) is 4. The van der Waals surface area contributed by atoms with Crippen LogP contribution in [-0.4, -0.2) is 22.0 Å². The molecule has 0 aliphatic heterocycles. The first-order valence-electron chi connectivity index (χ1n) is 5.82. The minimum atomic E-state index is -0.372. The molecule has 0 unspecified atom stereocenters. The minimum absolute atomic E-state index is 0.372. The van der Waals surface area contributed by atoms with Crippen molar-refractivity contribution < 1.29 is 4.39 Å². The lowest BCUT2D eigenvalue weighted by Crippen LogP contribution is -2.05. The maximum atomic E-state index is 13.8. The molecule has 1 N–H and O–H groups in total. The van der Waals surface area contributed by atoms with Crippen molar-refractivity contribution >= 4 is 5.82 Å². The summed E-state index contributed by atoms with van der Waals surface area (Å²) in [6, 6.07) is 1.63. The highest BCUT2D eigenvalue weighted by Crippen LogP contribution is 2.27. The van der Waals surface area contributed by atoms with E-state index in [0.29, 0.717) is 23.5 Å². The molecule has 5 heteroatoms. The zero-order chi connectivity index (χ0) is 13.1. The molecule has 2 heterocycles. The Hall–Kier alpha value is -2.04. The fourth-order valence-corrected chi connectivity index (χ4v) is 1.79. The highest BCUT2D eigenvalue weighted by atomic mass is 19.1. The van der Waals surface area contributed by atoms with E-state index in [1.54, 1.807) is 19.3 Å². The second-order valence-electron chi connectivity index (χ2n) is 3.92. The van der Waals surface area contributed by atoms with Crippen molar-refractivity contribution in [2.75, 3.05) is 12.4 Å². The van der Waals surface area contributed by atoms with Crippen molar-refractivity contribution in [1.29, 1.82) is 0 Å². The van der Waals surface area contributed by atoms with E-state index in [4.69, 9.17) is 0 Å². The van der Waals surface area contributed by atoms with Gasteiger partial charge in [-0.25, -0.2) is 14.4 Å². The summed E-state index contributed by atoms with van der Waals surface area (Å²) >= 11 is 0. The summed E-state index contributed by atoms with van der Waals surface area (Å²) in [5.74, 6) is 1.05. The summed E-state index contributed by atoms with van der Waals surface area (Å²) in [6.45, 7) is 3.84. The van der Waals surface area contributed by atoms with Crippen molar-refractivity contribution in [3.8, 4) is 11.3 Å². The SMILES string of the molecule is CCc1nc(NC)c(C)c(-c2ccncc2F)n1. The van der Waals surface area contributed by atoms with Gasteiger partial charge in [-0.3, -0.25) is 4.98 Å². The van der Waals surface area contributed by atoms with Gasteiger partial charge in [0, 0.05) is 30.8 Å². The highest BCUT2D eigenvalue weighted by molar-refractivity contribution is 5.68. The Bertz CT molecular complexity index is 569. The molecule has 0 saturated heterocycles. The van der Waals surface area contributed by atoms with Crippen LogP contribution in [0.5, 0.6) is 0 Å². The van der Waals surface area contributed by atoms with Gasteiger partial charge in [-0.05, 0) is 13.0 Å². The number of hydrogen-bond donors (Lipinski definition) is 1. The third kappa shape index (κ3) is 2.16. The Kier molecular flexibility index (Phi) is 3.50. The van der Waals surface area contributed by atoms with Gasteiger partial charge < -0.3 is 5.32 Å². The average Bonchev–Trinajstić information content (AvgIpc) is 2.40. The maximum absolute atomic E-state index is 13.8. The molecule has 2 rings (SSSR count). The molecule has 0 aliphatic carbocycles. The second kappa shape index (κ2) is 5.08. The summed E-state index contributed by atoms with van der Waals surface area (Å²) in [4.78, 5) is 12.5. The molecule has 0 atom stereocenters. The molecule has 0 amide bonds. The van der Waals surface area contributed by atoms with Crippen LogP contribution < -0.4 is 5.32 Å². The third-order valence-electron chi connectivity index (χ3n) is 2.77. The van der Waals surface area contributed by atoms with Crippen LogP contribution in [0, 0.1) is 12.7 Å². The third-order valence-corrected chi connectivity index (χ3v) is 2.77. The van der Waals surface area contributed by atoms with Crippen molar-refractivity contribution in [2.45, 2.75) is 20.3 Å². The second-order valence-corrected chi connectivity index (χ2v) is 3.92. The van der Waals surface area contributed by atoms with Crippen LogP contribution in [0.4, 0.5) is 10.2 Å².